The second kappa shape index (κ2) is 5.34. The molecule has 3 rings (SSSR count). The van der Waals surface area contributed by atoms with Crippen molar-refractivity contribution in [2.24, 2.45) is 11.1 Å². The minimum absolute atomic E-state index is 0.140. The SMILES string of the molecule is CC(N)Cc1c(N2CCCC(C)(C)C2)nc2ccccn12. The van der Waals surface area contributed by atoms with Gasteiger partial charge in [0.1, 0.15) is 5.65 Å². The van der Waals surface area contributed by atoms with E-state index in [9.17, 15) is 0 Å². The molecule has 1 aliphatic heterocycles. The highest BCUT2D eigenvalue weighted by molar-refractivity contribution is 5.56. The van der Waals surface area contributed by atoms with Gasteiger partial charge in [-0.15, -0.1) is 0 Å². The fraction of sp³-hybridized carbons (Fsp3) is 0.588. The van der Waals surface area contributed by atoms with E-state index in [1.54, 1.807) is 0 Å². The summed E-state index contributed by atoms with van der Waals surface area (Å²) in [4.78, 5) is 7.34. The smallest absolute Gasteiger partial charge is 0.151 e. The summed E-state index contributed by atoms with van der Waals surface area (Å²) in [6.07, 6.45) is 5.48. The molecule has 0 bridgehead atoms. The largest absolute Gasteiger partial charge is 0.355 e. The molecule has 1 fully saturated rings. The van der Waals surface area contributed by atoms with Crippen LogP contribution in [0.25, 0.3) is 5.65 Å². The summed E-state index contributed by atoms with van der Waals surface area (Å²) in [5, 5.41) is 0. The molecule has 1 unspecified atom stereocenters. The highest BCUT2D eigenvalue weighted by Gasteiger charge is 2.29. The van der Waals surface area contributed by atoms with Crippen LogP contribution < -0.4 is 10.6 Å². The number of hydrogen-bond acceptors (Lipinski definition) is 3. The summed E-state index contributed by atoms with van der Waals surface area (Å²) in [5.41, 5.74) is 8.70. The monoisotopic (exact) mass is 286 g/mol. The Bertz CT molecular complexity index is 627. The quantitative estimate of drug-likeness (QED) is 0.943. The molecule has 1 atom stereocenters. The number of anilines is 1. The molecule has 0 aromatic carbocycles. The van der Waals surface area contributed by atoms with Gasteiger partial charge in [0, 0.05) is 31.7 Å². The van der Waals surface area contributed by atoms with Crippen LogP contribution in [0.5, 0.6) is 0 Å². The molecule has 114 valence electrons. The van der Waals surface area contributed by atoms with Crippen molar-refractivity contribution < 1.29 is 0 Å². The van der Waals surface area contributed by atoms with E-state index in [0.29, 0.717) is 5.41 Å². The molecule has 2 aromatic heterocycles. The van der Waals surface area contributed by atoms with Crippen molar-refractivity contribution in [2.75, 3.05) is 18.0 Å². The minimum atomic E-state index is 0.140. The number of aromatic nitrogens is 2. The van der Waals surface area contributed by atoms with Crippen molar-refractivity contribution in [3.63, 3.8) is 0 Å². The molecule has 2 N–H and O–H groups in total. The van der Waals surface area contributed by atoms with Crippen LogP contribution in [0, 0.1) is 5.41 Å². The lowest BCUT2D eigenvalue weighted by molar-refractivity contribution is 0.292. The molecule has 0 spiro atoms. The topological polar surface area (TPSA) is 46.6 Å². The highest BCUT2D eigenvalue weighted by atomic mass is 15.2. The zero-order chi connectivity index (χ0) is 15.0. The van der Waals surface area contributed by atoms with Gasteiger partial charge in [-0.2, -0.15) is 0 Å². The van der Waals surface area contributed by atoms with Gasteiger partial charge in [-0.05, 0) is 37.3 Å². The Morgan fingerprint density at radius 3 is 2.90 bits per heavy atom. The first-order chi connectivity index (χ1) is 9.96. The summed E-state index contributed by atoms with van der Waals surface area (Å²) < 4.78 is 2.19. The van der Waals surface area contributed by atoms with Crippen LogP contribution in [0.2, 0.25) is 0 Å². The van der Waals surface area contributed by atoms with Crippen LogP contribution in [-0.4, -0.2) is 28.5 Å². The standard InChI is InChI=1S/C17H26N4/c1-13(18)11-14-16(19-15-7-4-5-10-21(14)15)20-9-6-8-17(2,3)12-20/h4-5,7,10,13H,6,8-9,11-12,18H2,1-3H3. The van der Waals surface area contributed by atoms with Crippen molar-refractivity contribution in [2.45, 2.75) is 46.1 Å². The van der Waals surface area contributed by atoms with Gasteiger partial charge in [0.2, 0.25) is 0 Å². The molecule has 3 heterocycles. The Hall–Kier alpha value is -1.55. The lowest BCUT2D eigenvalue weighted by atomic mass is 9.84. The average molecular weight is 286 g/mol. The third-order valence-corrected chi connectivity index (χ3v) is 4.32. The Labute approximate surface area is 127 Å². The van der Waals surface area contributed by atoms with E-state index in [-0.39, 0.29) is 6.04 Å². The van der Waals surface area contributed by atoms with Crippen molar-refractivity contribution in [1.82, 2.24) is 9.38 Å². The Balaban J connectivity index is 2.04. The molecule has 0 radical (unpaired) electrons. The van der Waals surface area contributed by atoms with Gasteiger partial charge in [-0.1, -0.05) is 19.9 Å². The van der Waals surface area contributed by atoms with Crippen molar-refractivity contribution in [1.29, 1.82) is 0 Å². The minimum Gasteiger partial charge on any atom is -0.355 e. The number of rotatable bonds is 3. The zero-order valence-corrected chi connectivity index (χ0v) is 13.3. The Morgan fingerprint density at radius 2 is 2.19 bits per heavy atom. The van der Waals surface area contributed by atoms with E-state index < -0.39 is 0 Å². The molecule has 2 aromatic rings. The molecule has 0 amide bonds. The number of hydrogen-bond donors (Lipinski definition) is 1. The molecular formula is C17H26N4. The molecule has 4 heteroatoms. The summed E-state index contributed by atoms with van der Waals surface area (Å²) in [6, 6.07) is 6.32. The summed E-state index contributed by atoms with van der Waals surface area (Å²) in [5.74, 6) is 1.13. The third kappa shape index (κ3) is 2.91. The summed E-state index contributed by atoms with van der Waals surface area (Å²) >= 11 is 0. The Morgan fingerprint density at radius 1 is 1.38 bits per heavy atom. The van der Waals surface area contributed by atoms with Gasteiger partial charge in [0.05, 0.1) is 5.69 Å². The molecule has 1 saturated heterocycles. The van der Waals surface area contributed by atoms with Gasteiger partial charge < -0.3 is 15.0 Å². The van der Waals surface area contributed by atoms with E-state index >= 15 is 0 Å². The fourth-order valence-electron chi connectivity index (χ4n) is 3.39. The third-order valence-electron chi connectivity index (χ3n) is 4.32. The second-order valence-electron chi connectivity index (χ2n) is 7.18. The van der Waals surface area contributed by atoms with E-state index in [1.165, 1.54) is 18.5 Å². The van der Waals surface area contributed by atoms with Gasteiger partial charge in [0.25, 0.3) is 0 Å². The lowest BCUT2D eigenvalue weighted by Crippen LogP contribution is -2.41. The first-order valence-corrected chi connectivity index (χ1v) is 7.93. The van der Waals surface area contributed by atoms with Crippen molar-refractivity contribution in [3.8, 4) is 0 Å². The number of nitrogens with two attached hydrogens (primary N) is 1. The number of pyridine rings is 1. The molecule has 21 heavy (non-hydrogen) atoms. The summed E-state index contributed by atoms with van der Waals surface area (Å²) in [7, 11) is 0. The molecular weight excluding hydrogens is 260 g/mol. The van der Waals surface area contributed by atoms with Crippen LogP contribution in [0.3, 0.4) is 0 Å². The van der Waals surface area contributed by atoms with Gasteiger partial charge >= 0.3 is 0 Å². The molecule has 4 nitrogen and oxygen atoms in total. The van der Waals surface area contributed by atoms with Gasteiger partial charge in [0.15, 0.2) is 5.82 Å². The predicted molar refractivity (Wildman–Crippen MR) is 87.8 cm³/mol. The average Bonchev–Trinajstić information content (AvgIpc) is 2.76. The maximum Gasteiger partial charge on any atom is 0.151 e. The van der Waals surface area contributed by atoms with E-state index in [4.69, 9.17) is 10.7 Å². The molecule has 0 saturated carbocycles. The number of piperidine rings is 1. The number of imidazole rings is 1. The Kier molecular flexibility index (Phi) is 3.66. The van der Waals surface area contributed by atoms with Crippen LogP contribution in [-0.2, 0) is 6.42 Å². The first kappa shape index (κ1) is 14.4. The van der Waals surface area contributed by atoms with Crippen molar-refractivity contribution in [3.05, 3.63) is 30.1 Å². The number of fused-ring (bicyclic) bond motifs is 1. The second-order valence-corrected chi connectivity index (χ2v) is 7.18. The fourth-order valence-corrected chi connectivity index (χ4v) is 3.39. The highest BCUT2D eigenvalue weighted by Crippen LogP contribution is 2.33. The predicted octanol–water partition coefficient (Wildman–Crippen LogP) is 2.85. The first-order valence-electron chi connectivity index (χ1n) is 7.93. The number of nitrogens with zero attached hydrogens (tertiary/aromatic N) is 3. The van der Waals surface area contributed by atoms with E-state index in [2.05, 4.69) is 48.4 Å². The normalized spacial score (nSPS) is 19.9. The van der Waals surface area contributed by atoms with Gasteiger partial charge in [-0.3, -0.25) is 0 Å². The zero-order valence-electron chi connectivity index (χ0n) is 13.3. The molecule has 1 aliphatic rings. The van der Waals surface area contributed by atoms with Gasteiger partial charge in [-0.25, -0.2) is 4.98 Å². The summed E-state index contributed by atoms with van der Waals surface area (Å²) in [6.45, 7) is 8.93. The van der Waals surface area contributed by atoms with E-state index in [0.717, 1.165) is 31.0 Å². The van der Waals surface area contributed by atoms with Crippen LogP contribution in [0.1, 0.15) is 39.3 Å². The van der Waals surface area contributed by atoms with E-state index in [1.807, 2.05) is 6.07 Å². The molecule has 0 aliphatic carbocycles. The van der Waals surface area contributed by atoms with Crippen LogP contribution in [0.15, 0.2) is 24.4 Å². The van der Waals surface area contributed by atoms with Crippen LogP contribution in [0.4, 0.5) is 5.82 Å². The maximum absolute atomic E-state index is 6.07. The van der Waals surface area contributed by atoms with Crippen molar-refractivity contribution >= 4 is 11.5 Å². The maximum atomic E-state index is 6.07. The van der Waals surface area contributed by atoms with Crippen LogP contribution >= 0.6 is 0 Å². The lowest BCUT2D eigenvalue weighted by Gasteiger charge is -2.38.